The summed E-state index contributed by atoms with van der Waals surface area (Å²) in [6, 6.07) is 22.0. The maximum Gasteiger partial charge on any atom is 0.323 e. The van der Waals surface area contributed by atoms with Crippen LogP contribution in [0.4, 0.5) is 4.79 Å². The molecule has 2 amide bonds. The summed E-state index contributed by atoms with van der Waals surface area (Å²) >= 11 is 0. The fourth-order valence-corrected chi connectivity index (χ4v) is 4.64. The smallest absolute Gasteiger partial charge is 0.323 e. The first kappa shape index (κ1) is 30.9. The third kappa shape index (κ3) is 8.66. The van der Waals surface area contributed by atoms with Crippen LogP contribution >= 0.6 is 0 Å². The van der Waals surface area contributed by atoms with Crippen LogP contribution in [0.3, 0.4) is 0 Å². The number of aliphatic hydroxyl groups is 2. The van der Waals surface area contributed by atoms with Crippen molar-refractivity contribution in [1.29, 1.82) is 5.41 Å². The minimum absolute atomic E-state index is 0.0856. The lowest BCUT2D eigenvalue weighted by Gasteiger charge is -2.22. The number of hydrogen-bond acceptors (Lipinski definition) is 5. The Bertz CT molecular complexity index is 1280. The van der Waals surface area contributed by atoms with Gasteiger partial charge in [0, 0.05) is 25.9 Å². The number of urea groups is 1. The number of carbonyl (C=O) groups excluding carboxylic acids is 1. The molecule has 0 radical (unpaired) electrons. The molecule has 3 rings (SSSR count). The van der Waals surface area contributed by atoms with Gasteiger partial charge in [-0.05, 0) is 64.6 Å². The molecule has 0 saturated heterocycles. The summed E-state index contributed by atoms with van der Waals surface area (Å²) in [5, 5.41) is 30.1. The van der Waals surface area contributed by atoms with E-state index in [2.05, 4.69) is 50.4 Å². The number of carbonyl (C=O) groups is 1. The second kappa shape index (κ2) is 14.1. The number of amides is 2. The Morgan fingerprint density at radius 3 is 2.33 bits per heavy atom. The Balaban J connectivity index is 1.54. The summed E-state index contributed by atoms with van der Waals surface area (Å²) < 4.78 is 5.46. The number of hydrogen-bond donors (Lipinski definition) is 4. The first-order chi connectivity index (χ1) is 19.0. The molecule has 0 aromatic heterocycles. The van der Waals surface area contributed by atoms with Gasteiger partial charge in [-0.3, -0.25) is 10.3 Å². The molecule has 214 valence electrons. The van der Waals surface area contributed by atoms with Gasteiger partial charge in [-0.15, -0.1) is 0 Å². The van der Waals surface area contributed by atoms with Crippen molar-refractivity contribution >= 4 is 11.9 Å². The topological polar surface area (TPSA) is 106 Å². The SMILES string of the molecule is CCN(C(=N)CCCc1cccc(-c2ccc(CC(O)O)c(OC)c2)c1)C(=O)NCc1ccc(C(C)(C)C)cc1. The molecule has 3 aromatic carbocycles. The van der Waals surface area contributed by atoms with Gasteiger partial charge in [0.2, 0.25) is 0 Å². The Labute approximate surface area is 238 Å². The lowest BCUT2D eigenvalue weighted by Crippen LogP contribution is -2.43. The van der Waals surface area contributed by atoms with Crippen molar-refractivity contribution in [2.45, 2.75) is 71.6 Å². The number of nitrogens with zero attached hydrogens (tertiary/aromatic N) is 1. The third-order valence-corrected chi connectivity index (χ3v) is 6.98. The van der Waals surface area contributed by atoms with E-state index in [1.165, 1.54) is 10.5 Å². The second-order valence-corrected chi connectivity index (χ2v) is 11.1. The number of nitrogens with one attached hydrogen (secondary N) is 2. The molecule has 0 aliphatic heterocycles. The van der Waals surface area contributed by atoms with E-state index in [4.69, 9.17) is 10.1 Å². The van der Waals surface area contributed by atoms with Gasteiger partial charge in [0.25, 0.3) is 0 Å². The van der Waals surface area contributed by atoms with E-state index in [9.17, 15) is 15.0 Å². The van der Waals surface area contributed by atoms with E-state index in [1.54, 1.807) is 7.11 Å². The molecule has 0 unspecified atom stereocenters. The summed E-state index contributed by atoms with van der Waals surface area (Å²) in [6.45, 7) is 9.27. The van der Waals surface area contributed by atoms with Gasteiger partial charge >= 0.3 is 6.03 Å². The van der Waals surface area contributed by atoms with Crippen LogP contribution in [0, 0.1) is 5.41 Å². The van der Waals surface area contributed by atoms with Gasteiger partial charge in [-0.2, -0.15) is 0 Å². The predicted octanol–water partition coefficient (Wildman–Crippen LogP) is 6.04. The van der Waals surface area contributed by atoms with Crippen molar-refractivity contribution in [2.24, 2.45) is 0 Å². The normalized spacial score (nSPS) is 11.4. The highest BCUT2D eigenvalue weighted by atomic mass is 16.5. The molecule has 0 fully saturated rings. The quantitative estimate of drug-likeness (QED) is 0.134. The number of aryl methyl sites for hydroxylation is 1. The standard InChI is InChI=1S/C33H43N3O4/c1-6-36(32(39)35-22-24-13-17-28(18-14-24)33(2,3)4)30(34)12-8-10-23-9-7-11-25(19-23)26-15-16-27(21-31(37)38)29(20-26)40-5/h7,9,11,13-20,31,34,37-38H,6,8,10,12,21-22H2,1-5H3,(H,35,39). The summed E-state index contributed by atoms with van der Waals surface area (Å²) in [6.07, 6.45) is 0.700. The fraction of sp³-hybridized carbons (Fsp3) is 0.394. The molecule has 40 heavy (non-hydrogen) atoms. The average Bonchev–Trinajstić information content (AvgIpc) is 2.92. The first-order valence-electron chi connectivity index (χ1n) is 13.9. The highest BCUT2D eigenvalue weighted by Gasteiger charge is 2.17. The largest absolute Gasteiger partial charge is 0.496 e. The maximum atomic E-state index is 12.8. The van der Waals surface area contributed by atoms with Crippen molar-refractivity contribution in [1.82, 2.24) is 10.2 Å². The Kier molecular flexibility index (Phi) is 10.9. The van der Waals surface area contributed by atoms with Crippen molar-refractivity contribution in [3.63, 3.8) is 0 Å². The zero-order chi connectivity index (χ0) is 29.3. The Hall–Kier alpha value is -3.68. The van der Waals surface area contributed by atoms with Crippen molar-refractivity contribution in [3.05, 3.63) is 89.0 Å². The highest BCUT2D eigenvalue weighted by Crippen LogP contribution is 2.29. The molecule has 0 saturated carbocycles. The van der Waals surface area contributed by atoms with E-state index >= 15 is 0 Å². The molecule has 0 aliphatic carbocycles. The summed E-state index contributed by atoms with van der Waals surface area (Å²) in [5.74, 6) is 0.926. The second-order valence-electron chi connectivity index (χ2n) is 11.1. The van der Waals surface area contributed by atoms with Crippen LogP contribution in [0.25, 0.3) is 11.1 Å². The number of aliphatic hydroxyl groups excluding tert-OH is 1. The van der Waals surface area contributed by atoms with Gasteiger partial charge in [-0.1, -0.05) is 81.4 Å². The zero-order valence-corrected chi connectivity index (χ0v) is 24.3. The van der Waals surface area contributed by atoms with E-state index < -0.39 is 6.29 Å². The molecule has 7 nitrogen and oxygen atoms in total. The number of methoxy groups -OCH3 is 1. The zero-order valence-electron chi connectivity index (χ0n) is 24.3. The molecular weight excluding hydrogens is 502 g/mol. The molecule has 7 heteroatoms. The van der Waals surface area contributed by atoms with E-state index in [0.29, 0.717) is 31.1 Å². The summed E-state index contributed by atoms with van der Waals surface area (Å²) in [7, 11) is 1.57. The molecule has 0 bridgehead atoms. The van der Waals surface area contributed by atoms with E-state index in [-0.39, 0.29) is 17.9 Å². The number of rotatable bonds is 11. The Morgan fingerprint density at radius 2 is 1.70 bits per heavy atom. The molecular formula is C33H43N3O4. The van der Waals surface area contributed by atoms with E-state index in [0.717, 1.165) is 40.7 Å². The number of ether oxygens (including phenoxy) is 1. The van der Waals surface area contributed by atoms with Crippen LogP contribution in [0.15, 0.2) is 66.7 Å². The van der Waals surface area contributed by atoms with Crippen LogP contribution in [0.5, 0.6) is 5.75 Å². The van der Waals surface area contributed by atoms with Crippen LogP contribution < -0.4 is 10.1 Å². The lowest BCUT2D eigenvalue weighted by atomic mass is 9.87. The predicted molar refractivity (Wildman–Crippen MR) is 161 cm³/mol. The molecule has 0 aliphatic rings. The highest BCUT2D eigenvalue weighted by molar-refractivity contribution is 5.95. The minimum atomic E-state index is -1.43. The van der Waals surface area contributed by atoms with Crippen LogP contribution in [-0.4, -0.2) is 46.9 Å². The molecule has 3 aromatic rings. The van der Waals surface area contributed by atoms with Gasteiger partial charge in [0.15, 0.2) is 6.29 Å². The van der Waals surface area contributed by atoms with Crippen LogP contribution in [0.2, 0.25) is 0 Å². The van der Waals surface area contributed by atoms with Crippen molar-refractivity contribution in [3.8, 4) is 16.9 Å². The monoisotopic (exact) mass is 545 g/mol. The van der Waals surface area contributed by atoms with E-state index in [1.807, 2.05) is 49.4 Å². The Morgan fingerprint density at radius 1 is 1.00 bits per heavy atom. The lowest BCUT2D eigenvalue weighted by molar-refractivity contribution is -0.0384. The van der Waals surface area contributed by atoms with Gasteiger partial charge < -0.3 is 20.3 Å². The summed E-state index contributed by atoms with van der Waals surface area (Å²) in [5.41, 5.74) is 6.26. The molecule has 4 N–H and O–H groups in total. The maximum absolute atomic E-state index is 12.8. The van der Waals surface area contributed by atoms with Crippen molar-refractivity contribution < 1.29 is 19.7 Å². The van der Waals surface area contributed by atoms with Gasteiger partial charge in [0.05, 0.1) is 7.11 Å². The number of benzene rings is 3. The average molecular weight is 546 g/mol. The first-order valence-corrected chi connectivity index (χ1v) is 13.9. The van der Waals surface area contributed by atoms with Gasteiger partial charge in [0.1, 0.15) is 11.6 Å². The fourth-order valence-electron chi connectivity index (χ4n) is 4.64. The third-order valence-electron chi connectivity index (χ3n) is 6.98. The molecule has 0 atom stereocenters. The molecule has 0 heterocycles. The van der Waals surface area contributed by atoms with Crippen LogP contribution in [-0.2, 0) is 24.8 Å². The van der Waals surface area contributed by atoms with Gasteiger partial charge in [-0.25, -0.2) is 4.79 Å². The number of amidine groups is 1. The molecule has 0 spiro atoms. The van der Waals surface area contributed by atoms with Crippen molar-refractivity contribution in [2.75, 3.05) is 13.7 Å². The summed E-state index contributed by atoms with van der Waals surface area (Å²) in [4.78, 5) is 14.3. The minimum Gasteiger partial charge on any atom is -0.496 e. The van der Waals surface area contributed by atoms with Crippen LogP contribution in [0.1, 0.15) is 62.8 Å².